The quantitative estimate of drug-likeness (QED) is 0.737. The Labute approximate surface area is 119 Å². The molecule has 1 heterocycles. The topological polar surface area (TPSA) is 21.3 Å². The highest BCUT2D eigenvalue weighted by Crippen LogP contribution is 2.42. The van der Waals surface area contributed by atoms with Gasteiger partial charge >= 0.3 is 0 Å². The molecule has 112 valence electrons. The Balaban J connectivity index is 1.69. The van der Waals surface area contributed by atoms with Crippen LogP contribution in [-0.4, -0.2) is 24.3 Å². The van der Waals surface area contributed by atoms with E-state index in [4.69, 9.17) is 4.74 Å². The number of hydrogen-bond acceptors (Lipinski definition) is 2. The predicted molar refractivity (Wildman–Crippen MR) is 81.5 cm³/mol. The summed E-state index contributed by atoms with van der Waals surface area (Å²) in [5.74, 6) is 0. The van der Waals surface area contributed by atoms with Gasteiger partial charge in [0.15, 0.2) is 0 Å². The third-order valence-corrected chi connectivity index (χ3v) is 5.12. The Hall–Kier alpha value is -0.0800. The van der Waals surface area contributed by atoms with Crippen LogP contribution in [0.5, 0.6) is 0 Å². The summed E-state index contributed by atoms with van der Waals surface area (Å²) in [5, 5.41) is 3.66. The van der Waals surface area contributed by atoms with Crippen LogP contribution in [0.2, 0.25) is 0 Å². The Bertz CT molecular complexity index is 248. The van der Waals surface area contributed by atoms with Gasteiger partial charge in [-0.3, -0.25) is 0 Å². The molecule has 1 saturated heterocycles. The molecule has 2 nitrogen and oxygen atoms in total. The zero-order chi connectivity index (χ0) is 13.6. The Morgan fingerprint density at radius 2 is 1.95 bits per heavy atom. The van der Waals surface area contributed by atoms with E-state index >= 15 is 0 Å². The number of ether oxygens (including phenoxy) is 1. The summed E-state index contributed by atoms with van der Waals surface area (Å²) in [6.45, 7) is 5.70. The van der Waals surface area contributed by atoms with E-state index < -0.39 is 0 Å². The van der Waals surface area contributed by atoms with E-state index in [9.17, 15) is 0 Å². The van der Waals surface area contributed by atoms with Crippen molar-refractivity contribution in [1.82, 2.24) is 5.32 Å². The molecular weight excluding hydrogens is 234 g/mol. The van der Waals surface area contributed by atoms with Crippen LogP contribution in [0.3, 0.4) is 0 Å². The second-order valence-electron chi connectivity index (χ2n) is 6.66. The molecule has 1 N–H and O–H groups in total. The smallest absolute Gasteiger partial charge is 0.0687 e. The minimum Gasteiger partial charge on any atom is -0.372 e. The average Bonchev–Trinajstić information content (AvgIpc) is 2.83. The summed E-state index contributed by atoms with van der Waals surface area (Å²) in [5.41, 5.74) is 0.307. The van der Waals surface area contributed by atoms with E-state index in [1.54, 1.807) is 0 Å². The van der Waals surface area contributed by atoms with Gasteiger partial charge in [-0.1, -0.05) is 33.1 Å². The predicted octanol–water partition coefficient (Wildman–Crippen LogP) is 4.43. The van der Waals surface area contributed by atoms with Crippen molar-refractivity contribution >= 4 is 0 Å². The molecule has 0 aromatic carbocycles. The molecule has 1 aliphatic heterocycles. The average molecular weight is 267 g/mol. The van der Waals surface area contributed by atoms with E-state index in [1.165, 1.54) is 70.6 Å². The fourth-order valence-corrected chi connectivity index (χ4v) is 3.85. The van der Waals surface area contributed by atoms with Gasteiger partial charge < -0.3 is 10.1 Å². The second-order valence-corrected chi connectivity index (χ2v) is 6.66. The molecule has 0 aromatic heterocycles. The first kappa shape index (κ1) is 15.3. The van der Waals surface area contributed by atoms with Crippen molar-refractivity contribution in [3.05, 3.63) is 0 Å². The maximum atomic E-state index is 6.46. The number of nitrogens with one attached hydrogen (secondary N) is 1. The number of hydrogen-bond donors (Lipinski definition) is 1. The molecule has 0 amide bonds. The SMILES string of the molecule is CCCNC(CC)CCC1CCC2(CCCCC2)O1. The lowest BCUT2D eigenvalue weighted by atomic mass is 9.83. The van der Waals surface area contributed by atoms with Crippen molar-refractivity contribution < 1.29 is 4.74 Å². The van der Waals surface area contributed by atoms with Crippen LogP contribution in [-0.2, 0) is 4.74 Å². The van der Waals surface area contributed by atoms with Crippen LogP contribution in [0.25, 0.3) is 0 Å². The van der Waals surface area contributed by atoms with Crippen LogP contribution < -0.4 is 5.32 Å². The molecule has 2 aliphatic rings. The summed E-state index contributed by atoms with van der Waals surface area (Å²) in [7, 11) is 0. The van der Waals surface area contributed by atoms with E-state index in [0.29, 0.717) is 17.7 Å². The zero-order valence-electron chi connectivity index (χ0n) is 13.0. The van der Waals surface area contributed by atoms with Gasteiger partial charge in [-0.2, -0.15) is 0 Å². The van der Waals surface area contributed by atoms with Crippen LogP contribution in [0.1, 0.15) is 84.5 Å². The molecule has 1 spiro atoms. The molecule has 0 aromatic rings. The minimum absolute atomic E-state index is 0.307. The lowest BCUT2D eigenvalue weighted by molar-refractivity contribution is -0.0665. The fraction of sp³-hybridized carbons (Fsp3) is 1.00. The molecule has 1 aliphatic carbocycles. The Morgan fingerprint density at radius 1 is 1.16 bits per heavy atom. The van der Waals surface area contributed by atoms with E-state index in [0.717, 1.165) is 6.54 Å². The second kappa shape index (κ2) is 7.64. The van der Waals surface area contributed by atoms with Crippen molar-refractivity contribution in [2.75, 3.05) is 6.54 Å². The molecule has 19 heavy (non-hydrogen) atoms. The molecule has 1 saturated carbocycles. The minimum atomic E-state index is 0.307. The Kier molecular flexibility index (Phi) is 6.15. The van der Waals surface area contributed by atoms with Crippen molar-refractivity contribution in [1.29, 1.82) is 0 Å². The summed E-state index contributed by atoms with van der Waals surface area (Å²) in [4.78, 5) is 0. The van der Waals surface area contributed by atoms with Crippen LogP contribution >= 0.6 is 0 Å². The molecule has 2 atom stereocenters. The first-order valence-corrected chi connectivity index (χ1v) is 8.69. The maximum absolute atomic E-state index is 6.46. The van der Waals surface area contributed by atoms with Crippen molar-refractivity contribution in [2.45, 2.75) is 102 Å². The zero-order valence-corrected chi connectivity index (χ0v) is 13.0. The third kappa shape index (κ3) is 4.46. The van der Waals surface area contributed by atoms with Gasteiger partial charge in [0, 0.05) is 6.04 Å². The molecule has 2 fully saturated rings. The molecule has 2 rings (SSSR count). The molecule has 0 bridgehead atoms. The van der Waals surface area contributed by atoms with Gasteiger partial charge in [0.05, 0.1) is 11.7 Å². The maximum Gasteiger partial charge on any atom is 0.0687 e. The van der Waals surface area contributed by atoms with Crippen LogP contribution in [0.4, 0.5) is 0 Å². The molecule has 2 unspecified atom stereocenters. The van der Waals surface area contributed by atoms with Crippen LogP contribution in [0, 0.1) is 0 Å². The molecular formula is C17H33NO. The van der Waals surface area contributed by atoms with E-state index in [1.807, 2.05) is 0 Å². The normalized spacial score (nSPS) is 27.8. The highest BCUT2D eigenvalue weighted by molar-refractivity contribution is 4.91. The Morgan fingerprint density at radius 3 is 2.63 bits per heavy atom. The molecule has 0 radical (unpaired) electrons. The lowest BCUT2D eigenvalue weighted by Gasteiger charge is -2.33. The van der Waals surface area contributed by atoms with Crippen molar-refractivity contribution in [3.8, 4) is 0 Å². The van der Waals surface area contributed by atoms with Crippen LogP contribution in [0.15, 0.2) is 0 Å². The highest BCUT2D eigenvalue weighted by atomic mass is 16.5. The van der Waals surface area contributed by atoms with Gasteiger partial charge in [0.2, 0.25) is 0 Å². The lowest BCUT2D eigenvalue weighted by Crippen LogP contribution is -2.33. The summed E-state index contributed by atoms with van der Waals surface area (Å²) >= 11 is 0. The first-order valence-electron chi connectivity index (χ1n) is 8.69. The highest BCUT2D eigenvalue weighted by Gasteiger charge is 2.40. The number of rotatable bonds is 7. The summed E-state index contributed by atoms with van der Waals surface area (Å²) < 4.78 is 6.46. The van der Waals surface area contributed by atoms with Gasteiger partial charge in [0.25, 0.3) is 0 Å². The first-order chi connectivity index (χ1) is 9.28. The summed E-state index contributed by atoms with van der Waals surface area (Å²) in [6, 6.07) is 0.700. The van der Waals surface area contributed by atoms with E-state index in [2.05, 4.69) is 19.2 Å². The monoisotopic (exact) mass is 267 g/mol. The van der Waals surface area contributed by atoms with Gasteiger partial charge in [0.1, 0.15) is 0 Å². The van der Waals surface area contributed by atoms with Crippen molar-refractivity contribution in [3.63, 3.8) is 0 Å². The van der Waals surface area contributed by atoms with Crippen molar-refractivity contribution in [2.24, 2.45) is 0 Å². The standard InChI is InChI=1S/C17H33NO/c1-3-14-18-15(4-2)8-9-16-10-13-17(19-16)11-6-5-7-12-17/h15-16,18H,3-14H2,1-2H3. The van der Waals surface area contributed by atoms with Gasteiger partial charge in [-0.25, -0.2) is 0 Å². The largest absolute Gasteiger partial charge is 0.372 e. The van der Waals surface area contributed by atoms with E-state index in [-0.39, 0.29) is 0 Å². The summed E-state index contributed by atoms with van der Waals surface area (Å²) in [6.07, 6.45) is 15.1. The third-order valence-electron chi connectivity index (χ3n) is 5.12. The van der Waals surface area contributed by atoms with Gasteiger partial charge in [-0.15, -0.1) is 0 Å². The van der Waals surface area contributed by atoms with Gasteiger partial charge in [-0.05, 0) is 57.9 Å². The fourth-order valence-electron chi connectivity index (χ4n) is 3.85. The molecule has 2 heteroatoms.